The van der Waals surface area contributed by atoms with E-state index in [0.717, 1.165) is 0 Å². The van der Waals surface area contributed by atoms with E-state index < -0.39 is 5.97 Å². The van der Waals surface area contributed by atoms with E-state index in [9.17, 15) is 9.59 Å². The van der Waals surface area contributed by atoms with Crippen LogP contribution in [-0.4, -0.2) is 46.5 Å². The first-order chi connectivity index (χ1) is 10.1. The number of carbonyl (C=O) groups excluding carboxylic acids is 2. The molecule has 1 saturated heterocycles. The number of hydrogen-bond donors (Lipinski definition) is 0. The molecule has 0 atom stereocenters. The first-order valence-corrected chi connectivity index (χ1v) is 8.05. The molecule has 0 radical (unpaired) electrons. The molecule has 0 aliphatic carbocycles. The van der Waals surface area contributed by atoms with Gasteiger partial charge in [-0.2, -0.15) is 0 Å². The fourth-order valence-electron chi connectivity index (χ4n) is 3.23. The van der Waals surface area contributed by atoms with Crippen molar-refractivity contribution in [1.82, 2.24) is 4.90 Å². The van der Waals surface area contributed by atoms with Crippen molar-refractivity contribution in [2.24, 2.45) is 0 Å². The van der Waals surface area contributed by atoms with E-state index in [2.05, 4.69) is 32.6 Å². The number of hydrogen-bond acceptors (Lipinski definition) is 5. The Morgan fingerprint density at radius 1 is 1.23 bits per heavy atom. The van der Waals surface area contributed by atoms with Gasteiger partial charge >= 0.3 is 11.9 Å². The Hall–Kier alpha value is -1.23. The number of carbonyl (C=O) groups is 2. The lowest BCUT2D eigenvalue weighted by Gasteiger charge is -2.54. The molecule has 0 bridgehead atoms. The van der Waals surface area contributed by atoms with Gasteiger partial charge in [-0.1, -0.05) is 0 Å². The van der Waals surface area contributed by atoms with Crippen LogP contribution in [0.1, 0.15) is 47.5 Å². The topological polar surface area (TPSA) is 55.8 Å². The zero-order valence-corrected chi connectivity index (χ0v) is 14.8. The molecule has 0 amide bonds. The van der Waals surface area contributed by atoms with Gasteiger partial charge in [0.15, 0.2) is 0 Å². The van der Waals surface area contributed by atoms with Crippen LogP contribution < -0.4 is 0 Å². The number of esters is 2. The molecule has 0 N–H and O–H groups in total. The van der Waals surface area contributed by atoms with Crippen LogP contribution >= 0.6 is 11.6 Å². The van der Waals surface area contributed by atoms with Gasteiger partial charge < -0.3 is 14.4 Å². The van der Waals surface area contributed by atoms with Gasteiger partial charge in [0.25, 0.3) is 0 Å². The van der Waals surface area contributed by atoms with Crippen molar-refractivity contribution in [1.29, 1.82) is 0 Å². The van der Waals surface area contributed by atoms with E-state index in [0.29, 0.717) is 19.4 Å². The molecular weight excluding hydrogens is 306 g/mol. The number of likely N-dealkylation sites (tertiary alicyclic amines) is 1. The summed E-state index contributed by atoms with van der Waals surface area (Å²) in [7, 11) is 0. The minimum atomic E-state index is -0.395. The van der Waals surface area contributed by atoms with Crippen LogP contribution in [0.5, 0.6) is 0 Å². The van der Waals surface area contributed by atoms with Gasteiger partial charge in [-0.3, -0.25) is 4.79 Å². The van der Waals surface area contributed by atoms with Crippen LogP contribution in [-0.2, 0) is 19.1 Å². The van der Waals surface area contributed by atoms with Gasteiger partial charge in [-0.15, -0.1) is 11.6 Å². The molecule has 22 heavy (non-hydrogen) atoms. The third kappa shape index (κ3) is 4.90. The van der Waals surface area contributed by atoms with Gasteiger partial charge in [-0.05, 0) is 34.6 Å². The number of rotatable bonds is 5. The van der Waals surface area contributed by atoms with Crippen LogP contribution in [0.4, 0.5) is 0 Å². The molecule has 0 aromatic heterocycles. The molecule has 1 heterocycles. The summed E-state index contributed by atoms with van der Waals surface area (Å²) in [6.07, 6.45) is 4.39. The summed E-state index contributed by atoms with van der Waals surface area (Å²) in [6, 6.07) is 0. The largest absolute Gasteiger partial charge is 0.463 e. The molecule has 1 fully saturated rings. The first kappa shape index (κ1) is 18.8. The average molecular weight is 332 g/mol. The van der Waals surface area contributed by atoms with Crippen LogP contribution in [0, 0.1) is 0 Å². The van der Waals surface area contributed by atoms with Gasteiger partial charge in [-0.25, -0.2) is 4.79 Å². The fourth-order valence-corrected chi connectivity index (χ4v) is 3.30. The second-order valence-electron chi connectivity index (χ2n) is 6.72. The minimum Gasteiger partial charge on any atom is -0.463 e. The van der Waals surface area contributed by atoms with Crippen LogP contribution in [0.3, 0.4) is 0 Å². The fraction of sp³-hybridized carbons (Fsp3) is 0.750. The van der Waals surface area contributed by atoms with E-state index in [4.69, 9.17) is 21.1 Å². The highest BCUT2D eigenvalue weighted by molar-refractivity contribution is 6.26. The second kappa shape index (κ2) is 7.36. The maximum Gasteiger partial charge on any atom is 0.332 e. The van der Waals surface area contributed by atoms with Crippen molar-refractivity contribution in [2.45, 2.75) is 64.6 Å². The van der Waals surface area contributed by atoms with Crippen molar-refractivity contribution in [3.63, 3.8) is 0 Å². The molecule has 0 aromatic rings. The molecule has 5 nitrogen and oxygen atoms in total. The molecule has 0 aromatic carbocycles. The summed E-state index contributed by atoms with van der Waals surface area (Å²) in [5.41, 5.74) is -0.524. The third-order valence-corrected chi connectivity index (χ3v) is 4.03. The summed E-state index contributed by atoms with van der Waals surface area (Å²) < 4.78 is 10.3. The number of piperidine rings is 1. The second-order valence-corrected chi connectivity index (χ2v) is 6.98. The molecule has 0 saturated carbocycles. The Balaban J connectivity index is 2.87. The first-order valence-electron chi connectivity index (χ1n) is 7.52. The van der Waals surface area contributed by atoms with Gasteiger partial charge in [0.1, 0.15) is 12.0 Å². The molecule has 1 aliphatic heterocycles. The molecular formula is C16H26ClNO4. The van der Waals surface area contributed by atoms with Crippen LogP contribution in [0.25, 0.3) is 0 Å². The maximum atomic E-state index is 11.5. The zero-order chi connectivity index (χ0) is 17.0. The number of halogens is 1. The van der Waals surface area contributed by atoms with E-state index in [-0.39, 0.29) is 29.0 Å². The number of ether oxygens (including phenoxy) is 2. The summed E-state index contributed by atoms with van der Waals surface area (Å²) in [4.78, 5) is 25.1. The zero-order valence-electron chi connectivity index (χ0n) is 14.0. The Morgan fingerprint density at radius 2 is 1.77 bits per heavy atom. The normalized spacial score (nSPS) is 20.9. The highest BCUT2D eigenvalue weighted by atomic mass is 35.5. The summed E-state index contributed by atoms with van der Waals surface area (Å²) in [5, 5.41) is 0. The Kier molecular flexibility index (Phi) is 6.29. The summed E-state index contributed by atoms with van der Waals surface area (Å²) in [6.45, 7) is 10.4. The quantitative estimate of drug-likeness (QED) is 0.440. The van der Waals surface area contributed by atoms with Crippen molar-refractivity contribution in [2.75, 3.05) is 12.5 Å². The van der Waals surface area contributed by atoms with Crippen molar-refractivity contribution < 1.29 is 19.1 Å². The van der Waals surface area contributed by atoms with Gasteiger partial charge in [0.05, 0.1) is 6.61 Å². The van der Waals surface area contributed by atoms with Gasteiger partial charge in [0.2, 0.25) is 0 Å². The van der Waals surface area contributed by atoms with E-state index in [1.807, 2.05) is 0 Å². The van der Waals surface area contributed by atoms with Gasteiger partial charge in [0, 0.05) is 36.2 Å². The van der Waals surface area contributed by atoms with E-state index in [1.165, 1.54) is 6.08 Å². The SMILES string of the molecule is CCOC(=O)/C=C/N1C(C)(C)CC(OC(=O)CCl)CC1(C)C. The Bertz CT molecular complexity index is 427. The maximum absolute atomic E-state index is 11.5. The summed E-state index contributed by atoms with van der Waals surface area (Å²) >= 11 is 5.51. The van der Waals surface area contributed by atoms with Crippen molar-refractivity contribution >= 4 is 23.5 Å². The van der Waals surface area contributed by atoms with Crippen LogP contribution in [0.15, 0.2) is 12.3 Å². The third-order valence-electron chi connectivity index (χ3n) is 3.81. The monoisotopic (exact) mass is 331 g/mol. The Morgan fingerprint density at radius 3 is 2.23 bits per heavy atom. The highest BCUT2D eigenvalue weighted by Crippen LogP contribution is 2.39. The molecule has 0 spiro atoms. The van der Waals surface area contributed by atoms with E-state index in [1.54, 1.807) is 13.1 Å². The number of alkyl halides is 1. The molecule has 126 valence electrons. The molecule has 1 aliphatic rings. The lowest BCUT2D eigenvalue weighted by atomic mass is 9.78. The minimum absolute atomic E-state index is 0.135. The smallest absolute Gasteiger partial charge is 0.332 e. The van der Waals surface area contributed by atoms with Crippen molar-refractivity contribution in [3.8, 4) is 0 Å². The molecule has 1 rings (SSSR count). The molecule has 0 unspecified atom stereocenters. The standard InChI is InChI=1S/C16H26ClNO4/c1-6-21-13(19)7-8-18-15(2,3)9-12(10-16(18,4)5)22-14(20)11-17/h7-8,12H,6,9-11H2,1-5H3/b8-7+. The number of nitrogens with zero attached hydrogens (tertiary/aromatic N) is 1. The predicted molar refractivity (Wildman–Crippen MR) is 85.6 cm³/mol. The highest BCUT2D eigenvalue weighted by Gasteiger charge is 2.45. The van der Waals surface area contributed by atoms with Crippen LogP contribution in [0.2, 0.25) is 0 Å². The van der Waals surface area contributed by atoms with E-state index >= 15 is 0 Å². The average Bonchev–Trinajstić information content (AvgIpc) is 2.35. The summed E-state index contributed by atoms with van der Waals surface area (Å²) in [5.74, 6) is -0.886. The molecule has 6 heteroatoms. The lowest BCUT2D eigenvalue weighted by molar-refractivity contribution is -0.154. The Labute approximate surface area is 137 Å². The predicted octanol–water partition coefficient (Wildman–Crippen LogP) is 2.87. The lowest BCUT2D eigenvalue weighted by Crippen LogP contribution is -2.59. The van der Waals surface area contributed by atoms with Crippen molar-refractivity contribution in [3.05, 3.63) is 12.3 Å².